The fraction of sp³-hybridized carbons (Fsp3) is 0.227. The van der Waals surface area contributed by atoms with Gasteiger partial charge in [-0.15, -0.1) is 0 Å². The van der Waals surface area contributed by atoms with Crippen molar-refractivity contribution in [3.63, 3.8) is 0 Å². The van der Waals surface area contributed by atoms with E-state index in [2.05, 4.69) is 5.10 Å². The highest BCUT2D eigenvalue weighted by Gasteiger charge is 2.30. The number of hydrogen-bond acceptors (Lipinski definition) is 5. The second-order valence-corrected chi connectivity index (χ2v) is 7.61. The molecule has 1 aromatic carbocycles. The van der Waals surface area contributed by atoms with E-state index in [1.807, 2.05) is 36.4 Å². The highest BCUT2D eigenvalue weighted by Crippen LogP contribution is 2.35. The summed E-state index contributed by atoms with van der Waals surface area (Å²) >= 11 is 6.06. The average Bonchev–Trinajstić information content (AvgIpc) is 3.36. The molecule has 5 rings (SSSR count). The highest BCUT2D eigenvalue weighted by molar-refractivity contribution is 6.30. The summed E-state index contributed by atoms with van der Waals surface area (Å²) in [6, 6.07) is 11.3. The fourth-order valence-corrected chi connectivity index (χ4v) is 4.08. The summed E-state index contributed by atoms with van der Waals surface area (Å²) in [6.45, 7) is 0.342. The molecule has 1 unspecified atom stereocenters. The Bertz CT molecular complexity index is 1200. The van der Waals surface area contributed by atoms with E-state index in [4.69, 9.17) is 25.7 Å². The number of fused-ring (bicyclic) bond motifs is 2. The molecular weight excluding hydrogens is 390 g/mol. The minimum absolute atomic E-state index is 0.000277. The number of ketones is 1. The van der Waals surface area contributed by atoms with Crippen LogP contribution >= 0.6 is 11.6 Å². The number of halogens is 1. The topological polar surface area (TPSA) is 69.6 Å². The summed E-state index contributed by atoms with van der Waals surface area (Å²) in [4.78, 5) is 17.7. The van der Waals surface area contributed by atoms with E-state index in [9.17, 15) is 4.79 Å². The van der Waals surface area contributed by atoms with Crippen molar-refractivity contribution in [3.8, 4) is 11.1 Å². The number of furan rings is 1. The molecule has 0 bridgehead atoms. The van der Waals surface area contributed by atoms with Gasteiger partial charge in [0.1, 0.15) is 5.76 Å². The normalized spacial score (nSPS) is 16.3. The van der Waals surface area contributed by atoms with Gasteiger partial charge in [-0.1, -0.05) is 23.7 Å². The van der Waals surface area contributed by atoms with Crippen LogP contribution < -0.4 is 0 Å². The zero-order chi connectivity index (χ0) is 20.0. The monoisotopic (exact) mass is 407 g/mol. The summed E-state index contributed by atoms with van der Waals surface area (Å²) in [5.74, 6) is 0.872. The first-order valence-electron chi connectivity index (χ1n) is 9.36. The number of aromatic nitrogens is 3. The number of benzene rings is 1. The molecule has 0 saturated carbocycles. The third kappa shape index (κ3) is 3.14. The van der Waals surface area contributed by atoms with Gasteiger partial charge in [0.25, 0.3) is 0 Å². The minimum Gasteiger partial charge on any atom is -0.469 e. The summed E-state index contributed by atoms with van der Waals surface area (Å²) in [7, 11) is 1.63. The van der Waals surface area contributed by atoms with Gasteiger partial charge in [-0.2, -0.15) is 5.10 Å². The van der Waals surface area contributed by atoms with Crippen LogP contribution in [0, 0.1) is 0 Å². The lowest BCUT2D eigenvalue weighted by molar-refractivity contribution is 0.0958. The zero-order valence-corrected chi connectivity index (χ0v) is 16.5. The number of nitrogens with zero attached hydrogens (tertiary/aromatic N) is 3. The minimum atomic E-state index is 0.000277. The Hall–Kier alpha value is -2.96. The maximum absolute atomic E-state index is 12.8. The van der Waals surface area contributed by atoms with Crippen LogP contribution in [0.15, 0.2) is 53.3 Å². The largest absolute Gasteiger partial charge is 0.469 e. The van der Waals surface area contributed by atoms with Gasteiger partial charge in [-0.05, 0) is 29.8 Å². The van der Waals surface area contributed by atoms with Gasteiger partial charge >= 0.3 is 0 Å². The Morgan fingerprint density at radius 1 is 1.24 bits per heavy atom. The molecular formula is C22H18ClN3O3. The van der Waals surface area contributed by atoms with Crippen LogP contribution in [0.5, 0.6) is 0 Å². The van der Waals surface area contributed by atoms with Crippen molar-refractivity contribution >= 4 is 23.0 Å². The van der Waals surface area contributed by atoms with Gasteiger partial charge in [-0.25, -0.2) is 9.50 Å². The smallest absolute Gasteiger partial charge is 0.167 e. The van der Waals surface area contributed by atoms with Crippen LogP contribution in [-0.2, 0) is 17.8 Å². The van der Waals surface area contributed by atoms with Gasteiger partial charge in [0.05, 0.1) is 35.4 Å². The molecule has 0 aliphatic heterocycles. The molecule has 0 fully saturated rings. The lowest BCUT2D eigenvalue weighted by Crippen LogP contribution is -2.21. The van der Waals surface area contributed by atoms with Crippen LogP contribution in [0.2, 0.25) is 5.02 Å². The lowest BCUT2D eigenvalue weighted by Gasteiger charge is -2.21. The van der Waals surface area contributed by atoms with Crippen LogP contribution in [-0.4, -0.2) is 27.5 Å². The molecule has 0 amide bonds. The Morgan fingerprint density at radius 2 is 2.07 bits per heavy atom. The average molecular weight is 408 g/mol. The van der Waals surface area contributed by atoms with E-state index in [-0.39, 0.29) is 11.7 Å². The quantitative estimate of drug-likeness (QED) is 0.490. The molecule has 0 N–H and O–H groups in total. The Morgan fingerprint density at radius 3 is 2.79 bits per heavy atom. The lowest BCUT2D eigenvalue weighted by atomic mass is 9.85. The van der Waals surface area contributed by atoms with Crippen molar-refractivity contribution in [3.05, 3.63) is 76.6 Å². The Kier molecular flexibility index (Phi) is 4.45. The van der Waals surface area contributed by atoms with E-state index in [0.717, 1.165) is 28.3 Å². The maximum atomic E-state index is 12.8. The first kappa shape index (κ1) is 18.1. The second kappa shape index (κ2) is 7.13. The van der Waals surface area contributed by atoms with E-state index < -0.39 is 0 Å². The molecule has 3 aromatic heterocycles. The van der Waals surface area contributed by atoms with Gasteiger partial charge in [0.2, 0.25) is 0 Å². The van der Waals surface area contributed by atoms with Crippen molar-refractivity contribution in [2.24, 2.45) is 0 Å². The van der Waals surface area contributed by atoms with Crippen molar-refractivity contribution in [2.75, 3.05) is 7.11 Å². The molecule has 0 saturated heterocycles. The van der Waals surface area contributed by atoms with E-state index in [1.165, 1.54) is 0 Å². The van der Waals surface area contributed by atoms with Crippen molar-refractivity contribution < 1.29 is 13.9 Å². The first-order chi connectivity index (χ1) is 14.1. The van der Waals surface area contributed by atoms with Gasteiger partial charge < -0.3 is 9.15 Å². The predicted octanol–water partition coefficient (Wildman–Crippen LogP) is 4.70. The number of rotatable bonds is 4. The van der Waals surface area contributed by atoms with Crippen molar-refractivity contribution in [2.45, 2.75) is 25.4 Å². The molecule has 29 heavy (non-hydrogen) atoms. The summed E-state index contributed by atoms with van der Waals surface area (Å²) in [6.07, 6.45) is 4.48. The number of hydrogen-bond donors (Lipinski definition) is 0. The van der Waals surface area contributed by atoms with Gasteiger partial charge in [0, 0.05) is 37.1 Å². The van der Waals surface area contributed by atoms with Crippen LogP contribution in [0.1, 0.15) is 39.8 Å². The summed E-state index contributed by atoms with van der Waals surface area (Å²) in [5, 5.41) is 5.30. The molecule has 0 spiro atoms. The predicted molar refractivity (Wildman–Crippen MR) is 108 cm³/mol. The van der Waals surface area contributed by atoms with Gasteiger partial charge in [0.15, 0.2) is 11.4 Å². The second-order valence-electron chi connectivity index (χ2n) is 7.17. The van der Waals surface area contributed by atoms with Crippen LogP contribution in [0.3, 0.4) is 0 Å². The summed E-state index contributed by atoms with van der Waals surface area (Å²) < 4.78 is 12.6. The molecule has 7 heteroatoms. The third-order valence-electron chi connectivity index (χ3n) is 5.29. The number of carbonyl (C=O) groups excluding carboxylic acids is 1. The number of ether oxygens (including phenoxy) is 1. The molecule has 0 radical (unpaired) electrons. The van der Waals surface area contributed by atoms with Crippen molar-refractivity contribution in [1.82, 2.24) is 14.6 Å². The van der Waals surface area contributed by atoms with Gasteiger partial charge in [-0.3, -0.25) is 4.79 Å². The van der Waals surface area contributed by atoms with E-state index in [0.29, 0.717) is 35.7 Å². The summed E-state index contributed by atoms with van der Waals surface area (Å²) in [5.41, 5.74) is 4.70. The molecule has 146 valence electrons. The van der Waals surface area contributed by atoms with Crippen molar-refractivity contribution in [1.29, 1.82) is 0 Å². The molecule has 1 aliphatic carbocycles. The number of methoxy groups -OCH3 is 1. The molecule has 4 aromatic rings. The highest BCUT2D eigenvalue weighted by atomic mass is 35.5. The molecule has 3 heterocycles. The third-order valence-corrected chi connectivity index (χ3v) is 5.54. The SMILES string of the molecule is COCc1nn2cc3c(nc2c1-c1ccc(Cl)cc1)CC(c1ccco1)CC3=O. The number of Topliss-reactive ketones (excluding diaryl/α,β-unsaturated/α-hetero) is 1. The first-order valence-corrected chi connectivity index (χ1v) is 9.74. The zero-order valence-electron chi connectivity index (χ0n) is 15.8. The number of carbonyl (C=O) groups is 1. The van der Waals surface area contributed by atoms with E-state index in [1.54, 1.807) is 24.1 Å². The molecule has 1 aliphatic rings. The fourth-order valence-electron chi connectivity index (χ4n) is 3.96. The molecule has 1 atom stereocenters. The van der Waals surface area contributed by atoms with Crippen LogP contribution in [0.4, 0.5) is 0 Å². The Balaban J connectivity index is 1.67. The van der Waals surface area contributed by atoms with Crippen LogP contribution in [0.25, 0.3) is 16.8 Å². The maximum Gasteiger partial charge on any atom is 0.167 e. The standard InChI is InChI=1S/C22H18ClN3O3/c1-28-12-18-21(13-4-6-15(23)7-5-13)22-24-17-9-14(20-3-2-8-29-20)10-19(27)16(17)11-26(22)25-18/h2-8,11,14H,9-10,12H2,1H3. The molecule has 6 nitrogen and oxygen atoms in total. The van der Waals surface area contributed by atoms with E-state index >= 15 is 0 Å². The Labute approximate surface area is 172 Å².